The molecule has 0 amide bonds. The maximum Gasteiger partial charge on any atom is 0.300 e. The van der Waals surface area contributed by atoms with Crippen LogP contribution in [0.1, 0.15) is 11.1 Å². The Kier molecular flexibility index (Phi) is 2.57. The number of methoxy groups -OCH3 is 3. The van der Waals surface area contributed by atoms with Crippen molar-refractivity contribution in [3.63, 3.8) is 0 Å². The van der Waals surface area contributed by atoms with E-state index < -0.39 is 5.91 Å². The van der Waals surface area contributed by atoms with Crippen LogP contribution in [0.2, 0.25) is 0 Å². The lowest BCUT2D eigenvalue weighted by Gasteiger charge is -2.23. The van der Waals surface area contributed by atoms with E-state index in [9.17, 15) is 0 Å². The first-order valence-corrected chi connectivity index (χ1v) is 4.82. The van der Waals surface area contributed by atoms with Crippen LogP contribution in [-0.4, -0.2) is 27.2 Å². The third-order valence-electron chi connectivity index (χ3n) is 2.66. The van der Waals surface area contributed by atoms with Gasteiger partial charge >= 0.3 is 0 Å². The summed E-state index contributed by atoms with van der Waals surface area (Å²) in [5.74, 6) is -0.126. The smallest absolute Gasteiger partial charge is 0.300 e. The summed E-state index contributed by atoms with van der Waals surface area (Å²) in [7, 11) is 4.63. The zero-order valence-corrected chi connectivity index (χ0v) is 9.48. The second kappa shape index (κ2) is 3.77. The van der Waals surface area contributed by atoms with Gasteiger partial charge in [0, 0.05) is 14.2 Å². The number of ether oxygens (including phenoxy) is 3. The minimum absolute atomic E-state index is 0.358. The standard InChI is InChI=1S/C11H14N2O3/c1-14-8-6-4-5-7-9(8)10(12)13-11(7,15-2)16-3/h4-6H,1-3H3,(H2,12,13). The highest BCUT2D eigenvalue weighted by atomic mass is 16.7. The minimum Gasteiger partial charge on any atom is -0.496 e. The van der Waals surface area contributed by atoms with Crippen molar-refractivity contribution < 1.29 is 14.2 Å². The molecule has 0 bridgehead atoms. The third-order valence-corrected chi connectivity index (χ3v) is 2.66. The Balaban J connectivity index is 2.66. The van der Waals surface area contributed by atoms with E-state index in [2.05, 4.69) is 4.99 Å². The fourth-order valence-electron chi connectivity index (χ4n) is 1.90. The lowest BCUT2D eigenvalue weighted by molar-refractivity contribution is -0.206. The summed E-state index contributed by atoms with van der Waals surface area (Å²) < 4.78 is 15.8. The summed E-state index contributed by atoms with van der Waals surface area (Å²) in [6, 6.07) is 5.52. The van der Waals surface area contributed by atoms with Crippen molar-refractivity contribution in [2.75, 3.05) is 21.3 Å². The Hall–Kier alpha value is -1.59. The van der Waals surface area contributed by atoms with Crippen molar-refractivity contribution in [1.82, 2.24) is 0 Å². The molecule has 0 saturated carbocycles. The molecule has 1 aliphatic rings. The second-order valence-corrected chi connectivity index (χ2v) is 3.37. The molecule has 0 fully saturated rings. The number of benzene rings is 1. The summed E-state index contributed by atoms with van der Waals surface area (Å²) in [6.07, 6.45) is 0. The summed E-state index contributed by atoms with van der Waals surface area (Å²) >= 11 is 0. The molecule has 0 unspecified atom stereocenters. The minimum atomic E-state index is -1.14. The molecule has 1 heterocycles. The van der Waals surface area contributed by atoms with E-state index in [-0.39, 0.29) is 0 Å². The van der Waals surface area contributed by atoms with E-state index in [1.54, 1.807) is 7.11 Å². The van der Waals surface area contributed by atoms with Crippen LogP contribution in [0.4, 0.5) is 0 Å². The average Bonchev–Trinajstić information content (AvgIpc) is 2.63. The first-order valence-electron chi connectivity index (χ1n) is 4.82. The fourth-order valence-corrected chi connectivity index (χ4v) is 1.90. The van der Waals surface area contributed by atoms with Gasteiger partial charge in [0.05, 0.1) is 18.2 Å². The Morgan fingerprint density at radius 3 is 2.44 bits per heavy atom. The van der Waals surface area contributed by atoms with Crippen molar-refractivity contribution in [3.8, 4) is 5.75 Å². The van der Waals surface area contributed by atoms with Crippen LogP contribution in [0, 0.1) is 0 Å². The molecule has 0 spiro atoms. The number of nitrogens with two attached hydrogens (primary N) is 1. The van der Waals surface area contributed by atoms with Crippen LogP contribution < -0.4 is 10.5 Å². The first kappa shape index (κ1) is 10.9. The molecule has 0 aromatic heterocycles. The monoisotopic (exact) mass is 222 g/mol. The molecular weight excluding hydrogens is 208 g/mol. The SMILES string of the molecule is COc1cccc2c1C(N)=NC2(OC)OC. The van der Waals surface area contributed by atoms with Crippen molar-refractivity contribution in [2.45, 2.75) is 5.91 Å². The zero-order chi connectivity index (χ0) is 11.8. The number of fused-ring (bicyclic) bond motifs is 1. The molecular formula is C11H14N2O3. The van der Waals surface area contributed by atoms with E-state index in [0.717, 1.165) is 11.1 Å². The number of rotatable bonds is 3. The van der Waals surface area contributed by atoms with Gasteiger partial charge in [-0.3, -0.25) is 0 Å². The van der Waals surface area contributed by atoms with Gasteiger partial charge in [0.15, 0.2) is 0 Å². The van der Waals surface area contributed by atoms with Gasteiger partial charge in [0.25, 0.3) is 5.91 Å². The van der Waals surface area contributed by atoms with Gasteiger partial charge in [-0.05, 0) is 6.07 Å². The molecule has 1 aromatic carbocycles. The van der Waals surface area contributed by atoms with Gasteiger partial charge in [0.1, 0.15) is 11.6 Å². The van der Waals surface area contributed by atoms with E-state index in [0.29, 0.717) is 11.6 Å². The molecule has 0 radical (unpaired) electrons. The Labute approximate surface area is 93.8 Å². The Morgan fingerprint density at radius 2 is 1.88 bits per heavy atom. The fraction of sp³-hybridized carbons (Fsp3) is 0.364. The van der Waals surface area contributed by atoms with Crippen molar-refractivity contribution in [2.24, 2.45) is 10.7 Å². The van der Waals surface area contributed by atoms with Crippen LogP contribution in [0.3, 0.4) is 0 Å². The lowest BCUT2D eigenvalue weighted by atomic mass is 10.1. The molecule has 1 aromatic rings. The van der Waals surface area contributed by atoms with E-state index in [1.807, 2.05) is 18.2 Å². The molecule has 2 N–H and O–H groups in total. The molecule has 1 aliphatic heterocycles. The van der Waals surface area contributed by atoms with E-state index >= 15 is 0 Å². The summed E-state index contributed by atoms with van der Waals surface area (Å²) in [5, 5.41) is 0. The number of nitrogens with zero attached hydrogens (tertiary/aromatic N) is 1. The molecule has 0 atom stereocenters. The number of aliphatic imine (C=N–C) groups is 1. The van der Waals surface area contributed by atoms with Gasteiger partial charge < -0.3 is 19.9 Å². The average molecular weight is 222 g/mol. The molecule has 16 heavy (non-hydrogen) atoms. The highest BCUT2D eigenvalue weighted by molar-refractivity contribution is 6.04. The molecule has 5 heteroatoms. The summed E-state index contributed by atoms with van der Waals surface area (Å²) in [6.45, 7) is 0. The molecule has 5 nitrogen and oxygen atoms in total. The lowest BCUT2D eigenvalue weighted by Crippen LogP contribution is -2.26. The molecule has 0 aliphatic carbocycles. The molecule has 0 saturated heterocycles. The Bertz CT molecular complexity index is 439. The van der Waals surface area contributed by atoms with Crippen molar-refractivity contribution in [3.05, 3.63) is 29.3 Å². The van der Waals surface area contributed by atoms with Crippen LogP contribution in [0.5, 0.6) is 5.75 Å². The predicted octanol–water partition coefficient (Wildman–Crippen LogP) is 0.817. The van der Waals surface area contributed by atoms with Crippen molar-refractivity contribution in [1.29, 1.82) is 0 Å². The highest BCUT2D eigenvalue weighted by Gasteiger charge is 2.41. The number of amidine groups is 1. The van der Waals surface area contributed by atoms with Gasteiger partial charge in [-0.25, -0.2) is 4.99 Å². The van der Waals surface area contributed by atoms with Crippen molar-refractivity contribution >= 4 is 5.84 Å². The van der Waals surface area contributed by atoms with Gasteiger partial charge in [-0.2, -0.15) is 0 Å². The molecule has 2 rings (SSSR count). The van der Waals surface area contributed by atoms with Crippen LogP contribution in [0.25, 0.3) is 0 Å². The van der Waals surface area contributed by atoms with Gasteiger partial charge in [-0.1, -0.05) is 12.1 Å². The zero-order valence-electron chi connectivity index (χ0n) is 9.48. The topological polar surface area (TPSA) is 66.1 Å². The largest absolute Gasteiger partial charge is 0.496 e. The maximum absolute atomic E-state index is 5.86. The quantitative estimate of drug-likeness (QED) is 0.769. The van der Waals surface area contributed by atoms with E-state index in [1.165, 1.54) is 14.2 Å². The second-order valence-electron chi connectivity index (χ2n) is 3.37. The van der Waals surface area contributed by atoms with Crippen LogP contribution in [-0.2, 0) is 15.4 Å². The summed E-state index contributed by atoms with van der Waals surface area (Å²) in [5.41, 5.74) is 7.35. The third kappa shape index (κ3) is 1.29. The van der Waals surface area contributed by atoms with Crippen LogP contribution >= 0.6 is 0 Å². The van der Waals surface area contributed by atoms with Gasteiger partial charge in [0.2, 0.25) is 0 Å². The predicted molar refractivity (Wildman–Crippen MR) is 59.4 cm³/mol. The van der Waals surface area contributed by atoms with E-state index in [4.69, 9.17) is 19.9 Å². The highest BCUT2D eigenvalue weighted by Crippen LogP contribution is 2.39. The number of hydrogen-bond donors (Lipinski definition) is 1. The van der Waals surface area contributed by atoms with Crippen LogP contribution in [0.15, 0.2) is 23.2 Å². The Morgan fingerprint density at radius 1 is 1.19 bits per heavy atom. The molecule has 86 valence electrons. The normalized spacial score (nSPS) is 16.8. The first-order chi connectivity index (χ1) is 7.68. The number of hydrogen-bond acceptors (Lipinski definition) is 5. The van der Waals surface area contributed by atoms with Gasteiger partial charge in [-0.15, -0.1) is 0 Å². The summed E-state index contributed by atoms with van der Waals surface area (Å²) in [4.78, 5) is 4.20. The maximum atomic E-state index is 5.86.